The number of hydrogen-bond acceptors (Lipinski definition) is 2. The van der Waals surface area contributed by atoms with Crippen LogP contribution in [-0.2, 0) is 11.2 Å². The molecule has 1 aliphatic heterocycles. The van der Waals surface area contributed by atoms with Crippen molar-refractivity contribution < 1.29 is 4.79 Å². The predicted octanol–water partition coefficient (Wildman–Crippen LogP) is 3.55. The summed E-state index contributed by atoms with van der Waals surface area (Å²) in [4.78, 5) is 12.4. The van der Waals surface area contributed by atoms with Gasteiger partial charge in [-0.3, -0.25) is 4.79 Å². The maximum Gasteiger partial charge on any atom is 0.243 e. The van der Waals surface area contributed by atoms with Crippen molar-refractivity contribution in [1.29, 1.82) is 0 Å². The van der Waals surface area contributed by atoms with Crippen LogP contribution < -0.4 is 10.6 Å². The third-order valence-electron chi connectivity index (χ3n) is 3.82. The van der Waals surface area contributed by atoms with E-state index in [1.807, 2.05) is 49.4 Å². The average molecular weight is 301 g/mol. The third kappa shape index (κ3) is 3.03. The van der Waals surface area contributed by atoms with Crippen molar-refractivity contribution in [2.75, 3.05) is 5.32 Å². The van der Waals surface area contributed by atoms with Crippen LogP contribution in [0.4, 0.5) is 5.69 Å². The maximum absolute atomic E-state index is 12.4. The van der Waals surface area contributed by atoms with Gasteiger partial charge in [-0.05, 0) is 36.2 Å². The van der Waals surface area contributed by atoms with Crippen molar-refractivity contribution in [2.24, 2.45) is 0 Å². The molecule has 0 radical (unpaired) electrons. The van der Waals surface area contributed by atoms with E-state index in [9.17, 15) is 4.79 Å². The molecule has 2 aromatic carbocycles. The molecule has 1 aliphatic rings. The van der Waals surface area contributed by atoms with Crippen LogP contribution in [0, 0.1) is 0 Å². The van der Waals surface area contributed by atoms with Crippen LogP contribution >= 0.6 is 11.6 Å². The van der Waals surface area contributed by atoms with Gasteiger partial charge in [-0.1, -0.05) is 41.9 Å². The minimum absolute atomic E-state index is 0.0219. The summed E-state index contributed by atoms with van der Waals surface area (Å²) in [5.74, 6) is 0.0219. The van der Waals surface area contributed by atoms with Gasteiger partial charge >= 0.3 is 0 Å². The van der Waals surface area contributed by atoms with Gasteiger partial charge in [-0.15, -0.1) is 0 Å². The van der Waals surface area contributed by atoms with Crippen LogP contribution in [0.25, 0.3) is 0 Å². The molecule has 0 fully saturated rings. The number of para-hydroxylation sites is 1. The minimum atomic E-state index is -0.197. The monoisotopic (exact) mass is 300 g/mol. The number of fused-ring (bicyclic) bond motifs is 1. The van der Waals surface area contributed by atoms with Crippen LogP contribution in [-0.4, -0.2) is 11.9 Å². The van der Waals surface area contributed by atoms with Crippen molar-refractivity contribution >= 4 is 23.2 Å². The largest absolute Gasteiger partial charge is 0.373 e. The van der Waals surface area contributed by atoms with Crippen LogP contribution in [0.5, 0.6) is 0 Å². The first-order chi connectivity index (χ1) is 10.1. The number of halogens is 1. The number of amides is 1. The molecule has 2 N–H and O–H groups in total. The zero-order valence-electron chi connectivity index (χ0n) is 11.8. The second-order valence-corrected chi connectivity index (χ2v) is 5.78. The highest BCUT2D eigenvalue weighted by Gasteiger charge is 2.27. The summed E-state index contributed by atoms with van der Waals surface area (Å²) in [7, 11) is 0. The topological polar surface area (TPSA) is 41.1 Å². The zero-order chi connectivity index (χ0) is 14.8. The maximum atomic E-state index is 12.4. The SMILES string of the molecule is C[C@@H](NC(=O)[C@@H]1Cc2ccccc2N1)c1ccc(Cl)cc1. The van der Waals surface area contributed by atoms with E-state index >= 15 is 0 Å². The smallest absolute Gasteiger partial charge is 0.243 e. The Morgan fingerprint density at radius 2 is 1.95 bits per heavy atom. The number of carbonyl (C=O) groups is 1. The van der Waals surface area contributed by atoms with Crippen molar-refractivity contribution in [3.05, 3.63) is 64.7 Å². The van der Waals surface area contributed by atoms with Crippen LogP contribution in [0.15, 0.2) is 48.5 Å². The zero-order valence-corrected chi connectivity index (χ0v) is 12.5. The minimum Gasteiger partial charge on any atom is -0.373 e. The number of benzene rings is 2. The number of rotatable bonds is 3. The molecule has 4 heteroatoms. The molecule has 3 rings (SSSR count). The highest BCUT2D eigenvalue weighted by atomic mass is 35.5. The van der Waals surface area contributed by atoms with E-state index < -0.39 is 0 Å². The van der Waals surface area contributed by atoms with E-state index in [0.29, 0.717) is 5.02 Å². The molecule has 0 bridgehead atoms. The Morgan fingerprint density at radius 3 is 2.67 bits per heavy atom. The summed E-state index contributed by atoms with van der Waals surface area (Å²) in [6.07, 6.45) is 0.731. The highest BCUT2D eigenvalue weighted by molar-refractivity contribution is 6.30. The molecular formula is C17H17ClN2O. The normalized spacial score (nSPS) is 17.7. The molecule has 0 aromatic heterocycles. The van der Waals surface area contributed by atoms with E-state index in [4.69, 9.17) is 11.6 Å². The quantitative estimate of drug-likeness (QED) is 0.910. The van der Waals surface area contributed by atoms with Gasteiger partial charge in [0.25, 0.3) is 0 Å². The van der Waals surface area contributed by atoms with E-state index in [2.05, 4.69) is 16.7 Å². The Morgan fingerprint density at radius 1 is 1.24 bits per heavy atom. The van der Waals surface area contributed by atoms with Gasteiger partial charge in [0.15, 0.2) is 0 Å². The van der Waals surface area contributed by atoms with Crippen molar-refractivity contribution in [3.63, 3.8) is 0 Å². The Labute approximate surface area is 129 Å². The second kappa shape index (κ2) is 5.78. The third-order valence-corrected chi connectivity index (χ3v) is 4.07. The standard InChI is InChI=1S/C17H17ClN2O/c1-11(12-6-8-14(18)9-7-12)19-17(21)16-10-13-4-2-3-5-15(13)20-16/h2-9,11,16,20H,10H2,1H3,(H,19,21)/t11-,16+/m1/s1. The molecule has 0 saturated heterocycles. The molecule has 3 nitrogen and oxygen atoms in total. The number of hydrogen-bond donors (Lipinski definition) is 2. The Bertz CT molecular complexity index is 629. The van der Waals surface area contributed by atoms with Crippen molar-refractivity contribution in [2.45, 2.75) is 25.4 Å². The summed E-state index contributed by atoms with van der Waals surface area (Å²) in [5, 5.41) is 7.01. The first-order valence-corrected chi connectivity index (χ1v) is 7.41. The lowest BCUT2D eigenvalue weighted by atomic mass is 10.1. The molecule has 0 unspecified atom stereocenters. The lowest BCUT2D eigenvalue weighted by molar-refractivity contribution is -0.122. The van der Waals surface area contributed by atoms with E-state index in [-0.39, 0.29) is 18.0 Å². The first-order valence-electron chi connectivity index (χ1n) is 7.04. The van der Waals surface area contributed by atoms with Crippen LogP contribution in [0.3, 0.4) is 0 Å². The summed E-state index contributed by atoms with van der Waals surface area (Å²) in [6, 6.07) is 15.3. The molecule has 2 aromatic rings. The predicted molar refractivity (Wildman–Crippen MR) is 85.6 cm³/mol. The Hall–Kier alpha value is -2.00. The number of nitrogens with one attached hydrogen (secondary N) is 2. The van der Waals surface area contributed by atoms with Gasteiger partial charge in [-0.25, -0.2) is 0 Å². The lowest BCUT2D eigenvalue weighted by Gasteiger charge is -2.18. The van der Waals surface area contributed by atoms with Crippen LogP contribution in [0.1, 0.15) is 24.1 Å². The summed E-state index contributed by atoms with van der Waals surface area (Å²) < 4.78 is 0. The molecule has 0 saturated carbocycles. The average Bonchev–Trinajstić information content (AvgIpc) is 2.92. The van der Waals surface area contributed by atoms with Gasteiger partial charge in [0.05, 0.1) is 6.04 Å². The fourth-order valence-electron chi connectivity index (χ4n) is 2.60. The van der Waals surface area contributed by atoms with Crippen molar-refractivity contribution in [3.8, 4) is 0 Å². The van der Waals surface area contributed by atoms with Crippen LogP contribution in [0.2, 0.25) is 5.02 Å². The Balaban J connectivity index is 1.64. The van der Waals surface area contributed by atoms with Gasteiger partial charge in [0.2, 0.25) is 5.91 Å². The highest BCUT2D eigenvalue weighted by Crippen LogP contribution is 2.25. The molecule has 0 aliphatic carbocycles. The molecule has 2 atom stereocenters. The van der Waals surface area contributed by atoms with E-state index in [0.717, 1.165) is 17.7 Å². The summed E-state index contributed by atoms with van der Waals surface area (Å²) in [6.45, 7) is 1.98. The fraction of sp³-hybridized carbons (Fsp3) is 0.235. The second-order valence-electron chi connectivity index (χ2n) is 5.34. The first kappa shape index (κ1) is 14.0. The van der Waals surface area contributed by atoms with Gasteiger partial charge in [0, 0.05) is 17.1 Å². The number of anilines is 1. The summed E-state index contributed by atoms with van der Waals surface area (Å²) >= 11 is 5.88. The lowest BCUT2D eigenvalue weighted by Crippen LogP contribution is -2.39. The molecule has 1 heterocycles. The fourth-order valence-corrected chi connectivity index (χ4v) is 2.73. The van der Waals surface area contributed by atoms with Gasteiger partial charge < -0.3 is 10.6 Å². The van der Waals surface area contributed by atoms with E-state index in [1.54, 1.807) is 0 Å². The van der Waals surface area contributed by atoms with E-state index in [1.165, 1.54) is 5.56 Å². The number of carbonyl (C=O) groups excluding carboxylic acids is 1. The molecular weight excluding hydrogens is 284 g/mol. The molecule has 21 heavy (non-hydrogen) atoms. The van der Waals surface area contributed by atoms with Crippen molar-refractivity contribution in [1.82, 2.24) is 5.32 Å². The van der Waals surface area contributed by atoms with Gasteiger partial charge in [-0.2, -0.15) is 0 Å². The molecule has 108 valence electrons. The Kier molecular flexibility index (Phi) is 3.84. The molecule has 1 amide bonds. The van der Waals surface area contributed by atoms with Gasteiger partial charge in [0.1, 0.15) is 6.04 Å². The molecule has 0 spiro atoms. The summed E-state index contributed by atoms with van der Waals surface area (Å²) in [5.41, 5.74) is 3.29.